The van der Waals surface area contributed by atoms with Crippen molar-refractivity contribution in [2.45, 2.75) is 38.8 Å². The summed E-state index contributed by atoms with van der Waals surface area (Å²) < 4.78 is 25.6. The quantitative estimate of drug-likeness (QED) is 0.821. The highest BCUT2D eigenvalue weighted by Gasteiger charge is 2.26. The van der Waals surface area contributed by atoms with Crippen LogP contribution in [0.1, 0.15) is 31.9 Å². The molecule has 0 spiro atoms. The van der Waals surface area contributed by atoms with Crippen LogP contribution in [-0.2, 0) is 16.6 Å². The Hall–Kier alpha value is -1.18. The number of nitrogens with zero attached hydrogens (tertiary/aromatic N) is 2. The third-order valence-corrected chi connectivity index (χ3v) is 5.77. The van der Waals surface area contributed by atoms with Crippen molar-refractivity contribution < 1.29 is 13.5 Å². The largest absolute Gasteiger partial charge is 0.506 e. The maximum Gasteiger partial charge on any atom is 0.214 e. The van der Waals surface area contributed by atoms with Crippen LogP contribution in [0.4, 0.5) is 0 Å². The van der Waals surface area contributed by atoms with Crippen LogP contribution in [-0.4, -0.2) is 47.7 Å². The molecule has 2 heterocycles. The van der Waals surface area contributed by atoms with E-state index < -0.39 is 10.0 Å². The minimum atomic E-state index is -3.06. The van der Waals surface area contributed by atoms with E-state index in [4.69, 9.17) is 0 Å². The molecule has 0 radical (unpaired) electrons. The van der Waals surface area contributed by atoms with Crippen molar-refractivity contribution in [3.63, 3.8) is 0 Å². The van der Waals surface area contributed by atoms with Gasteiger partial charge >= 0.3 is 0 Å². The molecule has 2 rings (SSSR count). The third kappa shape index (κ3) is 4.66. The van der Waals surface area contributed by atoms with Gasteiger partial charge in [-0.1, -0.05) is 6.92 Å². The van der Waals surface area contributed by atoms with Crippen molar-refractivity contribution in [3.05, 3.63) is 24.0 Å². The van der Waals surface area contributed by atoms with Crippen LogP contribution in [0.2, 0.25) is 0 Å². The molecule has 1 aromatic rings. The Morgan fingerprint density at radius 1 is 1.38 bits per heavy atom. The van der Waals surface area contributed by atoms with Gasteiger partial charge in [0.1, 0.15) is 5.75 Å². The van der Waals surface area contributed by atoms with E-state index in [0.29, 0.717) is 32.1 Å². The molecule has 0 aliphatic carbocycles. The monoisotopic (exact) mass is 313 g/mol. The highest BCUT2D eigenvalue weighted by molar-refractivity contribution is 7.89. The van der Waals surface area contributed by atoms with Gasteiger partial charge in [-0.2, -0.15) is 0 Å². The summed E-state index contributed by atoms with van der Waals surface area (Å²) in [5.74, 6) is 0.399. The van der Waals surface area contributed by atoms with Gasteiger partial charge in [0.2, 0.25) is 10.0 Å². The third-order valence-electron chi connectivity index (χ3n) is 3.69. The maximum atomic E-state index is 12.0. The van der Waals surface area contributed by atoms with Crippen molar-refractivity contribution >= 4 is 10.0 Å². The SMILES string of the molecule is CCCS(=O)(=O)N1CCC(NCc2ccc(O)cn2)CC1. The fourth-order valence-electron chi connectivity index (χ4n) is 2.50. The molecule has 6 nitrogen and oxygen atoms in total. The van der Waals surface area contributed by atoms with Gasteiger partial charge in [0.15, 0.2) is 0 Å². The summed E-state index contributed by atoms with van der Waals surface area (Å²) in [4.78, 5) is 4.12. The first-order valence-corrected chi connectivity index (χ1v) is 8.97. The van der Waals surface area contributed by atoms with Crippen LogP contribution >= 0.6 is 0 Å². The summed E-state index contributed by atoms with van der Waals surface area (Å²) in [6.07, 6.45) is 3.73. The normalized spacial score (nSPS) is 18.0. The number of hydrogen-bond acceptors (Lipinski definition) is 5. The van der Waals surface area contributed by atoms with E-state index in [1.165, 1.54) is 6.20 Å². The van der Waals surface area contributed by atoms with Crippen molar-refractivity contribution in [1.29, 1.82) is 0 Å². The highest BCUT2D eigenvalue weighted by Crippen LogP contribution is 2.15. The maximum absolute atomic E-state index is 12.0. The smallest absolute Gasteiger partial charge is 0.214 e. The first-order chi connectivity index (χ1) is 10.0. The molecule has 0 bridgehead atoms. The number of rotatable bonds is 6. The minimum absolute atomic E-state index is 0.160. The Labute approximate surface area is 126 Å². The summed E-state index contributed by atoms with van der Waals surface area (Å²) in [6, 6.07) is 3.71. The summed E-state index contributed by atoms with van der Waals surface area (Å²) in [5.41, 5.74) is 0.869. The standard InChI is InChI=1S/C14H23N3O3S/c1-2-9-21(19,20)17-7-5-12(6-8-17)15-10-13-3-4-14(18)11-16-13/h3-4,11-12,15,18H,2,5-10H2,1H3. The lowest BCUT2D eigenvalue weighted by Crippen LogP contribution is -2.45. The number of sulfonamides is 1. The number of nitrogens with one attached hydrogen (secondary N) is 1. The van der Waals surface area contributed by atoms with E-state index in [1.54, 1.807) is 16.4 Å². The lowest BCUT2D eigenvalue weighted by molar-refractivity contribution is 0.288. The molecular weight excluding hydrogens is 290 g/mol. The molecule has 1 aliphatic rings. The van der Waals surface area contributed by atoms with Crippen LogP contribution in [0.25, 0.3) is 0 Å². The van der Waals surface area contributed by atoms with Gasteiger partial charge in [0.25, 0.3) is 0 Å². The summed E-state index contributed by atoms with van der Waals surface area (Å²) >= 11 is 0. The predicted octanol–water partition coefficient (Wildman–Crippen LogP) is 1.08. The number of piperidine rings is 1. The molecule has 0 saturated carbocycles. The van der Waals surface area contributed by atoms with E-state index >= 15 is 0 Å². The van der Waals surface area contributed by atoms with E-state index in [0.717, 1.165) is 18.5 Å². The molecule has 1 fully saturated rings. The van der Waals surface area contributed by atoms with Crippen LogP contribution in [0.3, 0.4) is 0 Å². The van der Waals surface area contributed by atoms with Gasteiger partial charge in [-0.15, -0.1) is 0 Å². The first-order valence-electron chi connectivity index (χ1n) is 7.36. The number of hydrogen-bond donors (Lipinski definition) is 2. The topological polar surface area (TPSA) is 82.5 Å². The molecule has 118 valence electrons. The molecule has 1 aliphatic heterocycles. The van der Waals surface area contributed by atoms with Gasteiger partial charge in [-0.05, 0) is 31.4 Å². The lowest BCUT2D eigenvalue weighted by Gasteiger charge is -2.31. The Kier molecular flexibility index (Phi) is 5.55. The molecule has 1 aromatic heterocycles. The molecule has 2 N–H and O–H groups in total. The van der Waals surface area contributed by atoms with Crippen LogP contribution in [0.15, 0.2) is 18.3 Å². The molecule has 0 unspecified atom stereocenters. The van der Waals surface area contributed by atoms with Gasteiger partial charge in [0.05, 0.1) is 17.6 Å². The second-order valence-corrected chi connectivity index (χ2v) is 7.47. The Morgan fingerprint density at radius 3 is 2.67 bits per heavy atom. The van der Waals surface area contributed by atoms with Gasteiger partial charge in [-0.3, -0.25) is 4.98 Å². The second kappa shape index (κ2) is 7.20. The molecule has 21 heavy (non-hydrogen) atoms. The molecular formula is C14H23N3O3S. The molecule has 0 atom stereocenters. The molecule has 1 saturated heterocycles. The zero-order valence-corrected chi connectivity index (χ0v) is 13.1. The fourth-order valence-corrected chi connectivity index (χ4v) is 4.04. The van der Waals surface area contributed by atoms with E-state index in [-0.39, 0.29) is 11.5 Å². The zero-order valence-electron chi connectivity index (χ0n) is 12.3. The molecule has 0 aromatic carbocycles. The van der Waals surface area contributed by atoms with Crippen molar-refractivity contribution in [1.82, 2.24) is 14.6 Å². The highest BCUT2D eigenvalue weighted by atomic mass is 32.2. The van der Waals surface area contributed by atoms with Gasteiger partial charge in [-0.25, -0.2) is 12.7 Å². The molecule has 0 amide bonds. The number of aromatic nitrogens is 1. The average Bonchev–Trinajstić information content (AvgIpc) is 2.47. The van der Waals surface area contributed by atoms with Crippen molar-refractivity contribution in [2.24, 2.45) is 0 Å². The summed E-state index contributed by atoms with van der Waals surface area (Å²) in [5, 5.41) is 12.6. The van der Waals surface area contributed by atoms with Crippen LogP contribution in [0, 0.1) is 0 Å². The zero-order chi connectivity index (χ0) is 15.3. The van der Waals surface area contributed by atoms with Crippen LogP contribution in [0.5, 0.6) is 5.75 Å². The summed E-state index contributed by atoms with van der Waals surface area (Å²) in [7, 11) is -3.06. The average molecular weight is 313 g/mol. The minimum Gasteiger partial charge on any atom is -0.506 e. The van der Waals surface area contributed by atoms with Crippen molar-refractivity contribution in [2.75, 3.05) is 18.8 Å². The second-order valence-electron chi connectivity index (χ2n) is 5.38. The number of aromatic hydroxyl groups is 1. The Balaban J connectivity index is 1.78. The van der Waals surface area contributed by atoms with E-state index in [2.05, 4.69) is 10.3 Å². The Morgan fingerprint density at radius 2 is 2.10 bits per heavy atom. The fraction of sp³-hybridized carbons (Fsp3) is 0.643. The first kappa shape index (κ1) is 16.2. The molecule has 7 heteroatoms. The van der Waals surface area contributed by atoms with Crippen molar-refractivity contribution in [3.8, 4) is 5.75 Å². The Bertz CT molecular complexity index is 537. The number of pyridine rings is 1. The van der Waals surface area contributed by atoms with Gasteiger partial charge in [0, 0.05) is 25.7 Å². The van der Waals surface area contributed by atoms with E-state index in [9.17, 15) is 13.5 Å². The van der Waals surface area contributed by atoms with E-state index in [1.807, 2.05) is 6.92 Å². The van der Waals surface area contributed by atoms with Gasteiger partial charge < -0.3 is 10.4 Å². The predicted molar refractivity (Wildman–Crippen MR) is 81.4 cm³/mol. The lowest BCUT2D eigenvalue weighted by atomic mass is 10.1. The van der Waals surface area contributed by atoms with Crippen LogP contribution < -0.4 is 5.32 Å². The summed E-state index contributed by atoms with van der Waals surface area (Å²) in [6.45, 7) is 3.69.